The minimum Gasteiger partial charge on any atom is -0.550 e. The van der Waals surface area contributed by atoms with Crippen molar-refractivity contribution in [3.8, 4) is 0 Å². The summed E-state index contributed by atoms with van der Waals surface area (Å²) in [6.07, 6.45) is 39.7. The first-order valence-electron chi connectivity index (χ1n) is 17.9. The largest absolute Gasteiger partial charge is 1.00 e. The molecule has 0 unspecified atom stereocenters. The summed E-state index contributed by atoms with van der Waals surface area (Å²) < 4.78 is 0. The maximum Gasteiger partial charge on any atom is 1.00 e. The Morgan fingerprint density at radius 2 is 0.488 bits per heavy atom. The number of aliphatic carboxylic acids is 2. The molecule has 0 radical (unpaired) electrons. The third-order valence-electron chi connectivity index (χ3n) is 7.97. The predicted molar refractivity (Wildman–Crippen MR) is 179 cm³/mol. The van der Waals surface area contributed by atoms with Gasteiger partial charge in [0.1, 0.15) is 0 Å². The SMILES string of the molecule is CCCCCCCCCCCCCCCCCC(=O)[O-].CCCCCCCCCCCCCCCCCC(=O)[O-].S.[K+].[Na+]. The Hall–Kier alpha value is 1.93. The van der Waals surface area contributed by atoms with Crippen LogP contribution in [0.3, 0.4) is 0 Å². The number of carbonyl (C=O) groups excluding carboxylic acids is 2. The standard InChI is InChI=1S/2C18H36O2.K.Na.H2S/c2*1-2-3-4-5-6-7-8-9-10-11-12-13-14-15-16-17-18(19)20;;;/h2*2-17H2,1H3,(H,19,20);;;1H2/q;;2*+1;/p-2. The first-order valence-corrected chi connectivity index (χ1v) is 17.9. The second kappa shape index (κ2) is 50.8. The van der Waals surface area contributed by atoms with Crippen LogP contribution in [0.1, 0.15) is 219 Å². The van der Waals surface area contributed by atoms with Crippen LogP contribution in [0.2, 0.25) is 0 Å². The molecule has 0 saturated carbocycles. The van der Waals surface area contributed by atoms with E-state index in [1.54, 1.807) is 0 Å². The molecule has 0 bridgehead atoms. The fraction of sp³-hybridized carbons (Fsp3) is 0.944. The van der Waals surface area contributed by atoms with E-state index in [0.717, 1.165) is 25.7 Å². The number of hydrogen-bond acceptors (Lipinski definition) is 4. The maximum absolute atomic E-state index is 10.2. The van der Waals surface area contributed by atoms with Crippen LogP contribution < -0.4 is 91.2 Å². The van der Waals surface area contributed by atoms with E-state index in [4.69, 9.17) is 0 Å². The first-order chi connectivity index (χ1) is 19.5. The molecular weight excluding hydrogens is 591 g/mol. The molecule has 43 heavy (non-hydrogen) atoms. The van der Waals surface area contributed by atoms with Gasteiger partial charge in [-0.2, -0.15) is 13.5 Å². The number of unbranched alkanes of at least 4 members (excludes halogenated alkanes) is 28. The van der Waals surface area contributed by atoms with E-state index in [1.165, 1.54) is 167 Å². The minimum absolute atomic E-state index is 0. The Morgan fingerprint density at radius 3 is 0.628 bits per heavy atom. The molecule has 0 aliphatic carbocycles. The molecule has 0 spiro atoms. The average molecular weight is 663 g/mol. The van der Waals surface area contributed by atoms with Gasteiger partial charge < -0.3 is 19.8 Å². The molecule has 0 aromatic heterocycles. The van der Waals surface area contributed by atoms with Crippen molar-refractivity contribution in [3.63, 3.8) is 0 Å². The van der Waals surface area contributed by atoms with E-state index >= 15 is 0 Å². The van der Waals surface area contributed by atoms with E-state index < -0.39 is 11.9 Å². The molecule has 0 rings (SSSR count). The summed E-state index contributed by atoms with van der Waals surface area (Å²) >= 11 is 0. The summed E-state index contributed by atoms with van der Waals surface area (Å²) in [5.74, 6) is -1.81. The quantitative estimate of drug-likeness (QED) is 0.0803. The van der Waals surface area contributed by atoms with E-state index in [2.05, 4.69) is 13.8 Å². The van der Waals surface area contributed by atoms with Crippen LogP contribution in [0.15, 0.2) is 0 Å². The maximum atomic E-state index is 10.2. The molecule has 0 heterocycles. The van der Waals surface area contributed by atoms with Crippen LogP contribution in [0, 0.1) is 0 Å². The van der Waals surface area contributed by atoms with E-state index in [0.29, 0.717) is 0 Å². The fourth-order valence-electron chi connectivity index (χ4n) is 5.28. The van der Waals surface area contributed by atoms with Crippen LogP contribution in [0.4, 0.5) is 0 Å². The second-order valence-corrected chi connectivity index (χ2v) is 12.1. The number of carboxylic acids is 2. The van der Waals surface area contributed by atoms with Gasteiger partial charge in [-0.3, -0.25) is 0 Å². The zero-order chi connectivity index (χ0) is 29.8. The molecule has 248 valence electrons. The Balaban J connectivity index is -0.000000209. The summed E-state index contributed by atoms with van der Waals surface area (Å²) in [6.45, 7) is 4.53. The fourth-order valence-corrected chi connectivity index (χ4v) is 5.28. The Labute approximate surface area is 341 Å². The number of carboxylic acid groups (broad SMARTS) is 2. The zero-order valence-electron chi connectivity index (χ0n) is 29.8. The average Bonchev–Trinajstić information content (AvgIpc) is 2.93. The van der Waals surface area contributed by atoms with Crippen LogP contribution >= 0.6 is 13.5 Å². The second-order valence-electron chi connectivity index (χ2n) is 12.1. The van der Waals surface area contributed by atoms with Crippen molar-refractivity contribution < 1.29 is 101 Å². The van der Waals surface area contributed by atoms with E-state index in [9.17, 15) is 19.8 Å². The molecule has 0 aliphatic rings. The molecule has 0 amide bonds. The molecule has 0 fully saturated rings. The van der Waals surface area contributed by atoms with Gasteiger partial charge >= 0.3 is 80.9 Å². The zero-order valence-corrected chi connectivity index (χ0v) is 35.9. The Bertz CT molecular complexity index is 468. The molecule has 7 heteroatoms. The Morgan fingerprint density at radius 1 is 0.349 bits per heavy atom. The van der Waals surface area contributed by atoms with Gasteiger partial charge in [0.2, 0.25) is 0 Å². The summed E-state index contributed by atoms with van der Waals surface area (Å²) in [5, 5.41) is 20.4. The van der Waals surface area contributed by atoms with Gasteiger partial charge in [0.05, 0.1) is 0 Å². The van der Waals surface area contributed by atoms with Gasteiger partial charge in [0.15, 0.2) is 0 Å². The third kappa shape index (κ3) is 59.8. The van der Waals surface area contributed by atoms with Crippen LogP contribution in [0.5, 0.6) is 0 Å². The molecule has 0 atom stereocenters. The van der Waals surface area contributed by atoms with E-state index in [1.807, 2.05) is 0 Å². The van der Waals surface area contributed by atoms with Crippen molar-refractivity contribution in [2.24, 2.45) is 0 Å². The molecule has 0 aliphatic heterocycles. The number of hydrogen-bond donors (Lipinski definition) is 0. The third-order valence-corrected chi connectivity index (χ3v) is 7.97. The summed E-state index contributed by atoms with van der Waals surface area (Å²) in [6, 6.07) is 0. The van der Waals surface area contributed by atoms with Crippen molar-refractivity contribution in [1.82, 2.24) is 0 Å². The monoisotopic (exact) mass is 662 g/mol. The van der Waals surface area contributed by atoms with Crippen LogP contribution in [-0.4, -0.2) is 11.9 Å². The van der Waals surface area contributed by atoms with Gasteiger partial charge in [0, 0.05) is 11.9 Å². The van der Waals surface area contributed by atoms with Gasteiger partial charge in [0.25, 0.3) is 0 Å². The Kier molecular flexibility index (Phi) is 64.2. The van der Waals surface area contributed by atoms with Gasteiger partial charge in [-0.1, -0.05) is 194 Å². The van der Waals surface area contributed by atoms with Crippen molar-refractivity contribution in [2.75, 3.05) is 0 Å². The molecular formula is C36H72KNaO4S. The summed E-state index contributed by atoms with van der Waals surface area (Å²) in [7, 11) is 0. The van der Waals surface area contributed by atoms with E-state index in [-0.39, 0.29) is 107 Å². The number of carbonyl (C=O) groups is 2. The summed E-state index contributed by atoms with van der Waals surface area (Å²) in [5.41, 5.74) is 0. The van der Waals surface area contributed by atoms with Crippen LogP contribution in [-0.2, 0) is 9.59 Å². The van der Waals surface area contributed by atoms with Gasteiger partial charge in [-0.25, -0.2) is 0 Å². The predicted octanol–water partition coefficient (Wildman–Crippen LogP) is 4.12. The molecule has 0 aromatic rings. The molecule has 0 saturated heterocycles. The van der Waals surface area contributed by atoms with Crippen molar-refractivity contribution in [2.45, 2.75) is 219 Å². The van der Waals surface area contributed by atoms with Crippen molar-refractivity contribution in [1.29, 1.82) is 0 Å². The van der Waals surface area contributed by atoms with Crippen LogP contribution in [0.25, 0.3) is 0 Å². The van der Waals surface area contributed by atoms with Crippen molar-refractivity contribution >= 4 is 25.4 Å². The molecule has 0 aromatic carbocycles. The molecule has 4 nitrogen and oxygen atoms in total. The van der Waals surface area contributed by atoms with Gasteiger partial charge in [-0.05, 0) is 25.7 Å². The topological polar surface area (TPSA) is 80.3 Å². The first kappa shape index (κ1) is 54.4. The smallest absolute Gasteiger partial charge is 0.550 e. The normalized spacial score (nSPS) is 10.1. The minimum atomic E-state index is -0.903. The van der Waals surface area contributed by atoms with Crippen molar-refractivity contribution in [3.05, 3.63) is 0 Å². The van der Waals surface area contributed by atoms with Gasteiger partial charge in [-0.15, -0.1) is 0 Å². The molecule has 0 N–H and O–H groups in total. The number of rotatable bonds is 32. The summed E-state index contributed by atoms with van der Waals surface area (Å²) in [4.78, 5) is 20.4.